The molecule has 0 atom stereocenters. The lowest BCUT2D eigenvalue weighted by Crippen LogP contribution is -2.13. The second kappa shape index (κ2) is 7.93. The third kappa shape index (κ3) is 4.67. The average molecular weight is 289 g/mol. The summed E-state index contributed by atoms with van der Waals surface area (Å²) in [6, 6.07) is 9.98. The zero-order valence-electron chi connectivity index (χ0n) is 12.6. The zero-order valence-corrected chi connectivity index (χ0v) is 12.6. The highest BCUT2D eigenvalue weighted by molar-refractivity contribution is 5.81. The molecule has 1 aromatic heterocycles. The van der Waals surface area contributed by atoms with Crippen LogP contribution in [0, 0.1) is 5.92 Å². The highest BCUT2D eigenvalue weighted by atomic mass is 16.5. The molecule has 0 bridgehead atoms. The molecule has 5 nitrogen and oxygen atoms in total. The lowest BCUT2D eigenvalue weighted by atomic mass is 10.1. The zero-order chi connectivity index (χ0) is 15.1. The van der Waals surface area contributed by atoms with Crippen molar-refractivity contribution in [3.8, 4) is 0 Å². The molecule has 0 saturated heterocycles. The maximum Gasteiger partial charge on any atom is 0.146 e. The molecule has 0 radical (unpaired) electrons. The van der Waals surface area contributed by atoms with Gasteiger partial charge >= 0.3 is 0 Å². The first kappa shape index (κ1) is 15.7. The number of nitrogens with two attached hydrogens (primary N) is 1. The summed E-state index contributed by atoms with van der Waals surface area (Å²) in [6.45, 7) is 6.63. The van der Waals surface area contributed by atoms with E-state index in [0.29, 0.717) is 31.6 Å². The summed E-state index contributed by atoms with van der Waals surface area (Å²) in [6.07, 6.45) is 0. The number of benzene rings is 1. The van der Waals surface area contributed by atoms with E-state index in [1.807, 2.05) is 30.3 Å². The number of hydrazine groups is 1. The van der Waals surface area contributed by atoms with Gasteiger partial charge in [0.05, 0.1) is 25.3 Å². The van der Waals surface area contributed by atoms with Crippen LogP contribution in [0.4, 0.5) is 5.82 Å². The van der Waals surface area contributed by atoms with Crippen molar-refractivity contribution in [1.29, 1.82) is 0 Å². The maximum atomic E-state index is 5.63. The Morgan fingerprint density at radius 1 is 1.19 bits per heavy atom. The fourth-order valence-electron chi connectivity index (χ4n) is 2.01. The van der Waals surface area contributed by atoms with E-state index in [1.165, 1.54) is 0 Å². The Morgan fingerprint density at radius 3 is 2.71 bits per heavy atom. The number of hydrogen-bond donors (Lipinski definition) is 2. The van der Waals surface area contributed by atoms with E-state index in [1.54, 1.807) is 0 Å². The number of nitrogens with one attached hydrogen (secondary N) is 1. The van der Waals surface area contributed by atoms with Gasteiger partial charge in [-0.15, -0.1) is 0 Å². The summed E-state index contributed by atoms with van der Waals surface area (Å²) in [5.74, 6) is 6.73. The van der Waals surface area contributed by atoms with E-state index in [0.717, 1.165) is 23.1 Å². The molecule has 0 spiro atoms. The second-order valence-corrected chi connectivity index (χ2v) is 5.35. The molecule has 2 aromatic rings. The van der Waals surface area contributed by atoms with Gasteiger partial charge in [-0.3, -0.25) is 0 Å². The Bertz CT molecular complexity index is 572. The van der Waals surface area contributed by atoms with Gasteiger partial charge in [0.15, 0.2) is 0 Å². The molecule has 21 heavy (non-hydrogen) atoms. The van der Waals surface area contributed by atoms with E-state index in [4.69, 9.17) is 15.3 Å². The average Bonchev–Trinajstić information content (AvgIpc) is 2.49. The van der Waals surface area contributed by atoms with Crippen molar-refractivity contribution in [2.75, 3.05) is 25.2 Å². The molecule has 0 fully saturated rings. The second-order valence-electron chi connectivity index (χ2n) is 5.35. The molecule has 114 valence electrons. The Labute approximate surface area is 125 Å². The third-order valence-corrected chi connectivity index (χ3v) is 3.02. The first-order valence-corrected chi connectivity index (χ1v) is 7.21. The number of fused-ring (bicyclic) bond motifs is 1. The van der Waals surface area contributed by atoms with Gasteiger partial charge < -0.3 is 14.9 Å². The van der Waals surface area contributed by atoms with Crippen molar-refractivity contribution < 1.29 is 9.47 Å². The van der Waals surface area contributed by atoms with Crippen molar-refractivity contribution in [2.45, 2.75) is 20.5 Å². The van der Waals surface area contributed by atoms with Crippen LogP contribution in [0.1, 0.15) is 19.4 Å². The SMILES string of the molecule is CC(C)COCCOCc1cc2ccccc2nc1NN. The summed E-state index contributed by atoms with van der Waals surface area (Å²) in [5, 5.41) is 1.08. The number of rotatable bonds is 8. The van der Waals surface area contributed by atoms with Crippen molar-refractivity contribution in [2.24, 2.45) is 11.8 Å². The van der Waals surface area contributed by atoms with Gasteiger partial charge in [0.25, 0.3) is 0 Å². The Morgan fingerprint density at radius 2 is 1.95 bits per heavy atom. The van der Waals surface area contributed by atoms with Crippen LogP contribution < -0.4 is 11.3 Å². The minimum Gasteiger partial charge on any atom is -0.379 e. The number of aromatic nitrogens is 1. The van der Waals surface area contributed by atoms with Crippen molar-refractivity contribution in [1.82, 2.24) is 4.98 Å². The molecule has 0 aliphatic carbocycles. The molecule has 1 heterocycles. The van der Waals surface area contributed by atoms with Gasteiger partial charge in [0.2, 0.25) is 0 Å². The molecule has 3 N–H and O–H groups in total. The van der Waals surface area contributed by atoms with E-state index >= 15 is 0 Å². The minimum atomic E-state index is 0.461. The van der Waals surface area contributed by atoms with Gasteiger partial charge in [0, 0.05) is 17.6 Å². The molecule has 1 aromatic carbocycles. The first-order chi connectivity index (χ1) is 10.2. The standard InChI is InChI=1S/C16H23N3O2/c1-12(2)10-20-7-8-21-11-14-9-13-5-3-4-6-15(13)18-16(14)19-17/h3-6,9,12H,7-8,10-11,17H2,1-2H3,(H,18,19). The predicted octanol–water partition coefficient (Wildman–Crippen LogP) is 2.71. The molecule has 5 heteroatoms. The van der Waals surface area contributed by atoms with E-state index < -0.39 is 0 Å². The number of para-hydroxylation sites is 1. The van der Waals surface area contributed by atoms with Gasteiger partial charge in [0.1, 0.15) is 5.82 Å². The largest absolute Gasteiger partial charge is 0.379 e. The fraction of sp³-hybridized carbons (Fsp3) is 0.438. The molecular formula is C16H23N3O2. The van der Waals surface area contributed by atoms with E-state index in [-0.39, 0.29) is 0 Å². The first-order valence-electron chi connectivity index (χ1n) is 7.21. The number of nitrogen functional groups attached to an aromatic ring is 1. The molecule has 0 amide bonds. The fourth-order valence-corrected chi connectivity index (χ4v) is 2.01. The summed E-state index contributed by atoms with van der Waals surface area (Å²) in [5.41, 5.74) is 4.49. The summed E-state index contributed by atoms with van der Waals surface area (Å²) >= 11 is 0. The molecule has 0 unspecified atom stereocenters. The number of pyridine rings is 1. The molecule has 0 aliphatic rings. The quantitative estimate of drug-likeness (QED) is 0.444. The van der Waals surface area contributed by atoms with Crippen LogP contribution in [0.3, 0.4) is 0 Å². The smallest absolute Gasteiger partial charge is 0.146 e. The lowest BCUT2D eigenvalue weighted by molar-refractivity contribution is 0.0316. The van der Waals surface area contributed by atoms with Gasteiger partial charge in [-0.1, -0.05) is 32.0 Å². The normalized spacial score (nSPS) is 11.2. The third-order valence-electron chi connectivity index (χ3n) is 3.02. The van der Waals surface area contributed by atoms with Crippen LogP contribution in [0.5, 0.6) is 0 Å². The highest BCUT2D eigenvalue weighted by Crippen LogP contribution is 2.20. The summed E-state index contributed by atoms with van der Waals surface area (Å²) in [7, 11) is 0. The minimum absolute atomic E-state index is 0.461. The van der Waals surface area contributed by atoms with E-state index in [9.17, 15) is 0 Å². The molecule has 2 rings (SSSR count). The van der Waals surface area contributed by atoms with Crippen LogP contribution >= 0.6 is 0 Å². The van der Waals surface area contributed by atoms with Crippen molar-refractivity contribution in [3.05, 3.63) is 35.9 Å². The number of hydrogen-bond acceptors (Lipinski definition) is 5. The Hall–Kier alpha value is -1.69. The van der Waals surface area contributed by atoms with Gasteiger partial charge in [-0.25, -0.2) is 10.8 Å². The van der Waals surface area contributed by atoms with Gasteiger partial charge in [-0.05, 0) is 18.1 Å². The predicted molar refractivity (Wildman–Crippen MR) is 84.9 cm³/mol. The molecule has 0 aliphatic heterocycles. The number of ether oxygens (including phenoxy) is 2. The maximum absolute atomic E-state index is 5.63. The lowest BCUT2D eigenvalue weighted by Gasteiger charge is -2.11. The molecular weight excluding hydrogens is 266 g/mol. The topological polar surface area (TPSA) is 69.4 Å². The number of anilines is 1. The summed E-state index contributed by atoms with van der Waals surface area (Å²) in [4.78, 5) is 4.48. The van der Waals surface area contributed by atoms with Crippen LogP contribution in [0.2, 0.25) is 0 Å². The van der Waals surface area contributed by atoms with Gasteiger partial charge in [-0.2, -0.15) is 0 Å². The van der Waals surface area contributed by atoms with Crippen molar-refractivity contribution >= 4 is 16.7 Å². The van der Waals surface area contributed by atoms with Crippen LogP contribution in [0.15, 0.2) is 30.3 Å². The monoisotopic (exact) mass is 289 g/mol. The summed E-state index contributed by atoms with van der Waals surface area (Å²) < 4.78 is 11.1. The van der Waals surface area contributed by atoms with E-state index in [2.05, 4.69) is 24.3 Å². The molecule has 0 saturated carbocycles. The Balaban J connectivity index is 1.91. The van der Waals surface area contributed by atoms with Crippen molar-refractivity contribution in [3.63, 3.8) is 0 Å². The number of nitrogens with zero attached hydrogens (tertiary/aromatic N) is 1. The van der Waals surface area contributed by atoms with Crippen LogP contribution in [-0.4, -0.2) is 24.8 Å². The highest BCUT2D eigenvalue weighted by Gasteiger charge is 2.06. The Kier molecular flexibility index (Phi) is 5.92. The van der Waals surface area contributed by atoms with Crippen LogP contribution in [0.25, 0.3) is 10.9 Å². The van der Waals surface area contributed by atoms with Crippen LogP contribution in [-0.2, 0) is 16.1 Å².